The lowest BCUT2D eigenvalue weighted by Gasteiger charge is -2.19. The maximum absolute atomic E-state index is 14.2. The van der Waals surface area contributed by atoms with E-state index in [1.807, 2.05) is 24.3 Å². The molecule has 0 saturated heterocycles. The Morgan fingerprint density at radius 2 is 2.00 bits per heavy atom. The Kier molecular flexibility index (Phi) is 4.10. The summed E-state index contributed by atoms with van der Waals surface area (Å²) in [6.45, 7) is 0. The molecule has 1 fully saturated rings. The first-order valence-corrected chi connectivity index (χ1v) is 7.23. The van der Waals surface area contributed by atoms with E-state index in [1.54, 1.807) is 12.1 Å². The average Bonchev–Trinajstić information content (AvgIpc) is 3.29. The third kappa shape index (κ3) is 3.18. The van der Waals surface area contributed by atoms with E-state index in [1.165, 1.54) is 6.07 Å². The van der Waals surface area contributed by atoms with Crippen molar-refractivity contribution in [1.29, 1.82) is 0 Å². The van der Waals surface area contributed by atoms with E-state index in [4.69, 9.17) is 22.2 Å². The van der Waals surface area contributed by atoms with E-state index in [2.05, 4.69) is 5.43 Å². The Hall–Kier alpha value is -1.62. The first kappa shape index (κ1) is 14.3. The van der Waals surface area contributed by atoms with Crippen LogP contribution in [-0.2, 0) is 0 Å². The molecule has 21 heavy (non-hydrogen) atoms. The zero-order valence-corrected chi connectivity index (χ0v) is 12.1. The van der Waals surface area contributed by atoms with E-state index in [0.29, 0.717) is 11.7 Å². The minimum Gasteiger partial charge on any atom is -0.490 e. The maximum Gasteiger partial charge on any atom is 0.146 e. The van der Waals surface area contributed by atoms with Crippen molar-refractivity contribution in [3.05, 3.63) is 64.4 Å². The SMILES string of the molecule is NNC(c1cccc(OC2CC2)c1)c1cccc(Cl)c1F. The molecule has 1 aliphatic carbocycles. The number of nitrogens with one attached hydrogen (secondary N) is 1. The van der Waals surface area contributed by atoms with Crippen molar-refractivity contribution >= 4 is 11.6 Å². The van der Waals surface area contributed by atoms with Crippen LogP contribution < -0.4 is 16.0 Å². The predicted octanol–water partition coefficient (Wildman–Crippen LogP) is 3.57. The molecule has 0 aliphatic heterocycles. The summed E-state index contributed by atoms with van der Waals surface area (Å²) in [6.07, 6.45) is 2.49. The highest BCUT2D eigenvalue weighted by Gasteiger charge is 2.24. The van der Waals surface area contributed by atoms with E-state index < -0.39 is 11.9 Å². The molecule has 2 aromatic carbocycles. The Morgan fingerprint density at radius 1 is 1.24 bits per heavy atom. The zero-order chi connectivity index (χ0) is 14.8. The van der Waals surface area contributed by atoms with Gasteiger partial charge in [0.25, 0.3) is 0 Å². The van der Waals surface area contributed by atoms with Crippen molar-refractivity contribution in [2.45, 2.75) is 25.0 Å². The Morgan fingerprint density at radius 3 is 2.71 bits per heavy atom. The summed E-state index contributed by atoms with van der Waals surface area (Å²) < 4.78 is 19.9. The molecule has 3 N–H and O–H groups in total. The zero-order valence-electron chi connectivity index (χ0n) is 11.4. The molecular formula is C16H16ClFN2O. The molecule has 1 unspecified atom stereocenters. The van der Waals surface area contributed by atoms with Crippen LogP contribution in [0.4, 0.5) is 4.39 Å². The van der Waals surface area contributed by atoms with Crippen molar-refractivity contribution in [2.75, 3.05) is 0 Å². The lowest BCUT2D eigenvalue weighted by molar-refractivity contribution is 0.302. The average molecular weight is 307 g/mol. The third-order valence-electron chi connectivity index (χ3n) is 3.48. The van der Waals surface area contributed by atoms with Crippen LogP contribution in [0.3, 0.4) is 0 Å². The molecule has 0 aromatic heterocycles. The van der Waals surface area contributed by atoms with Gasteiger partial charge >= 0.3 is 0 Å². The molecular weight excluding hydrogens is 291 g/mol. The van der Waals surface area contributed by atoms with Gasteiger partial charge in [0.05, 0.1) is 17.2 Å². The molecule has 0 radical (unpaired) electrons. The number of rotatable bonds is 5. The molecule has 0 heterocycles. The molecule has 1 aliphatic rings. The number of nitrogens with two attached hydrogens (primary N) is 1. The van der Waals surface area contributed by atoms with Crippen LogP contribution in [0.5, 0.6) is 5.75 Å². The summed E-state index contributed by atoms with van der Waals surface area (Å²) in [5, 5.41) is 0.0816. The van der Waals surface area contributed by atoms with Gasteiger partial charge in [-0.3, -0.25) is 5.84 Å². The van der Waals surface area contributed by atoms with Gasteiger partial charge in [0.1, 0.15) is 11.6 Å². The molecule has 5 heteroatoms. The monoisotopic (exact) mass is 306 g/mol. The van der Waals surface area contributed by atoms with Gasteiger partial charge in [-0.2, -0.15) is 0 Å². The third-order valence-corrected chi connectivity index (χ3v) is 3.77. The second-order valence-corrected chi connectivity index (χ2v) is 5.54. The topological polar surface area (TPSA) is 47.3 Å². The number of hydrazine groups is 1. The minimum atomic E-state index is -0.480. The van der Waals surface area contributed by atoms with Gasteiger partial charge in [-0.05, 0) is 36.6 Å². The summed E-state index contributed by atoms with van der Waals surface area (Å²) in [4.78, 5) is 0. The number of ether oxygens (including phenoxy) is 1. The standard InChI is InChI=1S/C16H16ClFN2O/c17-14-6-2-5-13(15(14)18)16(20-19)10-3-1-4-12(9-10)21-11-7-8-11/h1-6,9,11,16,20H,7-8,19H2. The van der Waals surface area contributed by atoms with Crippen LogP contribution in [0.1, 0.15) is 30.0 Å². The first-order chi connectivity index (χ1) is 10.2. The van der Waals surface area contributed by atoms with E-state index in [0.717, 1.165) is 24.2 Å². The van der Waals surface area contributed by atoms with E-state index in [9.17, 15) is 4.39 Å². The van der Waals surface area contributed by atoms with Crippen LogP contribution in [0.15, 0.2) is 42.5 Å². The Labute approximate surface area is 127 Å². The van der Waals surface area contributed by atoms with Gasteiger partial charge in [0.15, 0.2) is 0 Å². The molecule has 3 rings (SSSR count). The number of benzene rings is 2. The molecule has 1 saturated carbocycles. The minimum absolute atomic E-state index is 0.0816. The molecule has 2 aromatic rings. The van der Waals surface area contributed by atoms with Crippen molar-refractivity contribution in [2.24, 2.45) is 5.84 Å². The molecule has 0 bridgehead atoms. The molecule has 110 valence electrons. The van der Waals surface area contributed by atoms with Crippen LogP contribution in [0.25, 0.3) is 0 Å². The van der Waals surface area contributed by atoms with E-state index in [-0.39, 0.29) is 5.02 Å². The normalized spacial score (nSPS) is 15.8. The molecule has 0 spiro atoms. The number of hydrogen-bond donors (Lipinski definition) is 2. The fourth-order valence-corrected chi connectivity index (χ4v) is 2.44. The lowest BCUT2D eigenvalue weighted by atomic mass is 9.98. The maximum atomic E-state index is 14.2. The fraction of sp³-hybridized carbons (Fsp3) is 0.250. The van der Waals surface area contributed by atoms with Gasteiger partial charge in [-0.15, -0.1) is 0 Å². The van der Waals surface area contributed by atoms with Crippen LogP contribution in [-0.4, -0.2) is 6.10 Å². The fourth-order valence-electron chi connectivity index (χ4n) is 2.25. The highest BCUT2D eigenvalue weighted by atomic mass is 35.5. The number of halogens is 2. The molecule has 1 atom stereocenters. The van der Waals surface area contributed by atoms with Crippen molar-refractivity contribution in [3.8, 4) is 5.75 Å². The lowest BCUT2D eigenvalue weighted by Crippen LogP contribution is -2.29. The second kappa shape index (κ2) is 6.02. The van der Waals surface area contributed by atoms with Gasteiger partial charge in [-0.1, -0.05) is 35.9 Å². The largest absolute Gasteiger partial charge is 0.490 e. The number of hydrogen-bond acceptors (Lipinski definition) is 3. The van der Waals surface area contributed by atoms with Gasteiger partial charge in [-0.25, -0.2) is 9.82 Å². The summed E-state index contributed by atoms with van der Waals surface area (Å²) >= 11 is 5.84. The second-order valence-electron chi connectivity index (χ2n) is 5.13. The quantitative estimate of drug-likeness (QED) is 0.656. The Bertz CT molecular complexity index is 646. The van der Waals surface area contributed by atoms with Crippen molar-refractivity contribution in [3.63, 3.8) is 0 Å². The Balaban J connectivity index is 1.93. The highest BCUT2D eigenvalue weighted by molar-refractivity contribution is 6.30. The molecule has 3 nitrogen and oxygen atoms in total. The summed E-state index contributed by atoms with van der Waals surface area (Å²) in [7, 11) is 0. The van der Waals surface area contributed by atoms with E-state index >= 15 is 0 Å². The van der Waals surface area contributed by atoms with Crippen LogP contribution in [0, 0.1) is 5.82 Å². The predicted molar refractivity (Wildman–Crippen MR) is 80.7 cm³/mol. The summed E-state index contributed by atoms with van der Waals surface area (Å²) in [5.41, 5.74) is 3.89. The summed E-state index contributed by atoms with van der Waals surface area (Å²) in [5.74, 6) is 5.93. The highest BCUT2D eigenvalue weighted by Crippen LogP contribution is 2.31. The van der Waals surface area contributed by atoms with Crippen molar-refractivity contribution < 1.29 is 9.13 Å². The molecule has 0 amide bonds. The summed E-state index contributed by atoms with van der Waals surface area (Å²) in [6, 6.07) is 11.9. The van der Waals surface area contributed by atoms with Crippen LogP contribution in [0.2, 0.25) is 5.02 Å². The van der Waals surface area contributed by atoms with Crippen molar-refractivity contribution in [1.82, 2.24) is 5.43 Å². The van der Waals surface area contributed by atoms with Gasteiger partial charge in [0.2, 0.25) is 0 Å². The smallest absolute Gasteiger partial charge is 0.146 e. The van der Waals surface area contributed by atoms with Gasteiger partial charge < -0.3 is 4.74 Å². The van der Waals surface area contributed by atoms with Gasteiger partial charge in [0, 0.05) is 5.56 Å². The first-order valence-electron chi connectivity index (χ1n) is 6.85. The van der Waals surface area contributed by atoms with Crippen LogP contribution >= 0.6 is 11.6 Å².